The Labute approximate surface area is 204 Å². The lowest BCUT2D eigenvalue weighted by Gasteiger charge is -2.20. The molecule has 0 radical (unpaired) electrons. The number of nitrogens with two attached hydrogens (primary N) is 1. The molecule has 1 saturated heterocycles. The quantitative estimate of drug-likeness (QED) is 0.326. The van der Waals surface area contributed by atoms with Gasteiger partial charge in [0, 0.05) is 49.2 Å². The minimum absolute atomic E-state index is 0.0795. The highest BCUT2D eigenvalue weighted by Gasteiger charge is 2.28. The Morgan fingerprint density at radius 3 is 2.63 bits per heavy atom. The highest BCUT2D eigenvalue weighted by molar-refractivity contribution is 7.89. The molecule has 35 heavy (non-hydrogen) atoms. The minimum atomic E-state index is -3.45. The zero-order valence-corrected chi connectivity index (χ0v) is 20.2. The van der Waals surface area contributed by atoms with E-state index in [9.17, 15) is 18.3 Å². The molecule has 1 aliphatic heterocycles. The van der Waals surface area contributed by atoms with Gasteiger partial charge in [-0.15, -0.1) is 0 Å². The highest BCUT2D eigenvalue weighted by atomic mass is 32.2. The summed E-state index contributed by atoms with van der Waals surface area (Å²) < 4.78 is 27.2. The SMILES string of the molecule is C[C@](N)(Cc1ccc(O)c(O)c1)C(=O)O.O=S(=O)(c1cccc2cnccc12)N1CCCNCC1. The Kier molecular flexibility index (Phi) is 8.28. The van der Waals surface area contributed by atoms with Gasteiger partial charge in [0.2, 0.25) is 10.0 Å². The molecule has 1 atom stereocenters. The maximum atomic E-state index is 12.8. The van der Waals surface area contributed by atoms with Crippen LogP contribution in [0.4, 0.5) is 0 Å². The first-order valence-corrected chi connectivity index (χ1v) is 12.5. The lowest BCUT2D eigenvalue weighted by Crippen LogP contribution is -2.46. The predicted octanol–water partition coefficient (Wildman–Crippen LogP) is 1.66. The van der Waals surface area contributed by atoms with Crippen molar-refractivity contribution in [3.8, 4) is 11.5 Å². The molecule has 0 bridgehead atoms. The van der Waals surface area contributed by atoms with Crippen LogP contribution in [-0.2, 0) is 21.2 Å². The number of phenolic OH excluding ortho intramolecular Hbond substituents is 2. The van der Waals surface area contributed by atoms with Gasteiger partial charge in [0.15, 0.2) is 11.5 Å². The Bertz CT molecular complexity index is 1280. The standard InChI is InChI=1S/C14H17N3O2S.C10H13NO4/c18-20(19,17-9-2-6-15-8-10-17)14-4-1-3-12-11-16-7-5-13(12)14;1-10(11,9(14)15)5-6-2-3-7(12)8(13)4-6/h1,3-5,7,11,15H,2,6,8-10H2;2-4,12-13H,5,11H2,1H3,(H,14,15)/t;10-/m.0/s1. The smallest absolute Gasteiger partial charge is 0.323 e. The van der Waals surface area contributed by atoms with Gasteiger partial charge in [-0.3, -0.25) is 9.78 Å². The number of hydrogen-bond acceptors (Lipinski definition) is 8. The van der Waals surface area contributed by atoms with E-state index >= 15 is 0 Å². The van der Waals surface area contributed by atoms with E-state index < -0.39 is 21.5 Å². The number of carboxylic acids is 1. The van der Waals surface area contributed by atoms with E-state index in [2.05, 4.69) is 10.3 Å². The molecule has 6 N–H and O–H groups in total. The van der Waals surface area contributed by atoms with Crippen LogP contribution in [0.15, 0.2) is 59.8 Å². The summed E-state index contributed by atoms with van der Waals surface area (Å²) in [7, 11) is -3.45. The summed E-state index contributed by atoms with van der Waals surface area (Å²) in [5.41, 5.74) is 4.70. The van der Waals surface area contributed by atoms with Gasteiger partial charge in [-0.05, 0) is 49.7 Å². The van der Waals surface area contributed by atoms with Crippen molar-refractivity contribution >= 4 is 26.8 Å². The van der Waals surface area contributed by atoms with E-state index in [1.807, 2.05) is 6.07 Å². The van der Waals surface area contributed by atoms with E-state index in [-0.39, 0.29) is 17.9 Å². The van der Waals surface area contributed by atoms with Crippen molar-refractivity contribution in [1.82, 2.24) is 14.6 Å². The van der Waals surface area contributed by atoms with E-state index in [0.717, 1.165) is 23.7 Å². The number of nitrogens with zero attached hydrogens (tertiary/aromatic N) is 2. The van der Waals surface area contributed by atoms with Gasteiger partial charge < -0.3 is 26.4 Å². The fraction of sp³-hybridized carbons (Fsp3) is 0.333. The summed E-state index contributed by atoms with van der Waals surface area (Å²) in [6.07, 6.45) is 4.24. The second kappa shape index (κ2) is 11.0. The number of nitrogens with one attached hydrogen (secondary N) is 1. The molecule has 1 aromatic heterocycles. The number of fused-ring (bicyclic) bond motifs is 1. The first-order valence-electron chi connectivity index (χ1n) is 11.1. The number of rotatable bonds is 5. The molecule has 0 spiro atoms. The Morgan fingerprint density at radius 2 is 1.91 bits per heavy atom. The summed E-state index contributed by atoms with van der Waals surface area (Å²) in [4.78, 5) is 15.2. The zero-order valence-electron chi connectivity index (χ0n) is 19.4. The molecule has 0 aliphatic carbocycles. The highest BCUT2D eigenvalue weighted by Crippen LogP contribution is 2.27. The molecule has 1 fully saturated rings. The van der Waals surface area contributed by atoms with Crippen molar-refractivity contribution < 1.29 is 28.5 Å². The Balaban J connectivity index is 0.000000205. The normalized spacial score (nSPS) is 16.5. The van der Waals surface area contributed by atoms with Crippen LogP contribution in [-0.4, -0.2) is 70.7 Å². The average Bonchev–Trinajstić information content (AvgIpc) is 3.11. The van der Waals surface area contributed by atoms with Gasteiger partial charge in [-0.25, -0.2) is 8.42 Å². The molecule has 0 amide bonds. The molecule has 0 unspecified atom stereocenters. The monoisotopic (exact) mass is 502 g/mol. The van der Waals surface area contributed by atoms with Crippen LogP contribution in [0.1, 0.15) is 18.9 Å². The van der Waals surface area contributed by atoms with Crippen molar-refractivity contribution in [1.29, 1.82) is 0 Å². The maximum Gasteiger partial charge on any atom is 0.323 e. The number of aromatic nitrogens is 1. The van der Waals surface area contributed by atoms with Gasteiger partial charge in [-0.2, -0.15) is 4.31 Å². The van der Waals surface area contributed by atoms with E-state index in [1.165, 1.54) is 25.1 Å². The van der Waals surface area contributed by atoms with Crippen LogP contribution < -0.4 is 11.1 Å². The third-order valence-electron chi connectivity index (χ3n) is 5.66. The second-order valence-electron chi connectivity index (χ2n) is 8.58. The van der Waals surface area contributed by atoms with Crippen LogP contribution in [0.2, 0.25) is 0 Å². The third kappa shape index (κ3) is 6.45. The molecular weight excluding hydrogens is 472 g/mol. The van der Waals surface area contributed by atoms with Crippen molar-refractivity contribution in [2.45, 2.75) is 30.2 Å². The van der Waals surface area contributed by atoms with Crippen molar-refractivity contribution in [3.05, 3.63) is 60.4 Å². The summed E-state index contributed by atoms with van der Waals surface area (Å²) >= 11 is 0. The molecule has 3 aromatic rings. The van der Waals surface area contributed by atoms with Crippen molar-refractivity contribution in [2.24, 2.45) is 5.73 Å². The third-order valence-corrected chi connectivity index (χ3v) is 7.61. The van der Waals surface area contributed by atoms with Crippen LogP contribution in [0.5, 0.6) is 11.5 Å². The molecule has 10 nitrogen and oxygen atoms in total. The van der Waals surface area contributed by atoms with E-state index in [0.29, 0.717) is 30.1 Å². The molecular formula is C24H30N4O6S. The maximum absolute atomic E-state index is 12.8. The summed E-state index contributed by atoms with van der Waals surface area (Å²) in [5.74, 6) is -1.64. The van der Waals surface area contributed by atoms with Crippen molar-refractivity contribution in [2.75, 3.05) is 26.2 Å². The first-order chi connectivity index (χ1) is 16.5. The lowest BCUT2D eigenvalue weighted by atomic mass is 9.94. The van der Waals surface area contributed by atoms with Gasteiger partial charge in [0.25, 0.3) is 0 Å². The molecule has 11 heteroatoms. The summed E-state index contributed by atoms with van der Waals surface area (Å²) in [5, 5.41) is 31.8. The van der Waals surface area contributed by atoms with Crippen LogP contribution in [0, 0.1) is 0 Å². The molecule has 2 heterocycles. The molecule has 188 valence electrons. The van der Waals surface area contributed by atoms with Gasteiger partial charge >= 0.3 is 5.97 Å². The number of sulfonamides is 1. The summed E-state index contributed by atoms with van der Waals surface area (Å²) in [6.45, 7) is 4.04. The van der Waals surface area contributed by atoms with Crippen molar-refractivity contribution in [3.63, 3.8) is 0 Å². The second-order valence-corrected chi connectivity index (χ2v) is 10.5. The number of carboxylic acid groups (broad SMARTS) is 1. The van der Waals surface area contributed by atoms with Gasteiger partial charge in [0.05, 0.1) is 4.90 Å². The molecule has 4 rings (SSSR count). The van der Waals surface area contributed by atoms with E-state index in [1.54, 1.807) is 34.9 Å². The number of aromatic hydroxyl groups is 2. The average molecular weight is 503 g/mol. The van der Waals surface area contributed by atoms with E-state index in [4.69, 9.17) is 15.9 Å². The Hall–Kier alpha value is -3.25. The zero-order chi connectivity index (χ0) is 25.6. The van der Waals surface area contributed by atoms with Crippen LogP contribution in [0.25, 0.3) is 10.8 Å². The largest absolute Gasteiger partial charge is 0.504 e. The number of phenols is 2. The van der Waals surface area contributed by atoms with Gasteiger partial charge in [0.1, 0.15) is 5.54 Å². The number of aliphatic carboxylic acids is 1. The minimum Gasteiger partial charge on any atom is -0.504 e. The number of benzene rings is 2. The number of hydrogen-bond donors (Lipinski definition) is 5. The molecule has 0 saturated carbocycles. The van der Waals surface area contributed by atoms with Crippen LogP contribution in [0.3, 0.4) is 0 Å². The molecule has 1 aliphatic rings. The van der Waals surface area contributed by atoms with Crippen LogP contribution >= 0.6 is 0 Å². The fourth-order valence-electron chi connectivity index (χ4n) is 3.70. The Morgan fingerprint density at radius 1 is 1.14 bits per heavy atom. The molecule has 2 aromatic carbocycles. The first kappa shape index (κ1) is 26.4. The predicted molar refractivity (Wildman–Crippen MR) is 132 cm³/mol. The lowest BCUT2D eigenvalue weighted by molar-refractivity contribution is -0.142. The fourth-order valence-corrected chi connectivity index (χ4v) is 5.39. The summed E-state index contributed by atoms with van der Waals surface area (Å²) in [6, 6.07) is 11.2. The topological polar surface area (TPSA) is 166 Å². The van der Waals surface area contributed by atoms with Gasteiger partial charge in [-0.1, -0.05) is 18.2 Å². The number of pyridine rings is 1. The number of carbonyl (C=O) groups is 1.